The van der Waals surface area contributed by atoms with Crippen LogP contribution in [0.2, 0.25) is 0 Å². The van der Waals surface area contributed by atoms with Gasteiger partial charge in [0.25, 0.3) is 11.8 Å². The molecule has 1 aromatic rings. The van der Waals surface area contributed by atoms with Crippen LogP contribution in [-0.4, -0.2) is 42.4 Å². The van der Waals surface area contributed by atoms with Crippen LogP contribution in [-0.2, 0) is 19.1 Å². The molecule has 0 saturated carbocycles. The van der Waals surface area contributed by atoms with Gasteiger partial charge >= 0.3 is 5.97 Å². The van der Waals surface area contributed by atoms with Crippen molar-refractivity contribution in [1.82, 2.24) is 4.90 Å². The van der Waals surface area contributed by atoms with Gasteiger partial charge in [0.05, 0.1) is 13.2 Å². The predicted molar refractivity (Wildman–Crippen MR) is 111 cm³/mol. The minimum atomic E-state index is -0.680. The lowest BCUT2D eigenvalue weighted by Crippen LogP contribution is -2.44. The number of rotatable bonds is 9. The van der Waals surface area contributed by atoms with E-state index < -0.39 is 17.8 Å². The van der Waals surface area contributed by atoms with Gasteiger partial charge in [-0.3, -0.25) is 19.3 Å². The number of carbonyl (C=O) groups is 3. The van der Waals surface area contributed by atoms with Gasteiger partial charge in [-0.15, -0.1) is 0 Å². The molecular weight excluding hydrogens is 384 g/mol. The molecule has 30 heavy (non-hydrogen) atoms. The predicted octanol–water partition coefficient (Wildman–Crippen LogP) is 3.41. The van der Waals surface area contributed by atoms with E-state index in [2.05, 4.69) is 6.92 Å². The Hall–Kier alpha value is -3.40. The summed E-state index contributed by atoms with van der Waals surface area (Å²) in [6.45, 7) is 5.37. The Kier molecular flexibility index (Phi) is 8.36. The molecule has 1 aliphatic heterocycles. The second kappa shape index (κ2) is 11.0. The number of imide groups is 1. The monoisotopic (exact) mass is 410 g/mol. The topological polar surface area (TPSA) is 96.7 Å². The summed E-state index contributed by atoms with van der Waals surface area (Å²) in [6.07, 6.45) is 4.88. The number of amides is 2. The molecule has 1 heterocycles. The average molecular weight is 410 g/mol. The first-order valence-electron chi connectivity index (χ1n) is 9.94. The maximum absolute atomic E-state index is 12.9. The fourth-order valence-electron chi connectivity index (χ4n) is 2.98. The molecule has 0 unspecified atom stereocenters. The van der Waals surface area contributed by atoms with Crippen molar-refractivity contribution in [3.8, 4) is 11.8 Å². The van der Waals surface area contributed by atoms with E-state index in [1.165, 1.54) is 6.92 Å². The van der Waals surface area contributed by atoms with Crippen molar-refractivity contribution < 1.29 is 23.9 Å². The molecule has 2 rings (SSSR count). The highest BCUT2D eigenvalue weighted by Gasteiger charge is 2.35. The third-order valence-electron chi connectivity index (χ3n) is 4.65. The maximum Gasteiger partial charge on any atom is 0.302 e. The lowest BCUT2D eigenvalue weighted by atomic mass is 9.93. The second-order valence-corrected chi connectivity index (χ2v) is 6.90. The summed E-state index contributed by atoms with van der Waals surface area (Å²) in [4.78, 5) is 37.3. The van der Waals surface area contributed by atoms with Crippen molar-refractivity contribution >= 4 is 23.9 Å². The SMILES string of the molecule is CCCCCOc1ccc(/C=C2/C(=O)N(CCOC(C)=O)C(=O)C(C#N)=C2C)cc1. The van der Waals surface area contributed by atoms with Gasteiger partial charge < -0.3 is 9.47 Å². The zero-order chi connectivity index (χ0) is 22.1. The molecule has 7 heteroatoms. The maximum atomic E-state index is 12.9. The van der Waals surface area contributed by atoms with Crippen LogP contribution in [0.3, 0.4) is 0 Å². The average Bonchev–Trinajstić information content (AvgIpc) is 2.72. The van der Waals surface area contributed by atoms with Crippen molar-refractivity contribution in [1.29, 1.82) is 5.26 Å². The molecule has 0 fully saturated rings. The number of nitriles is 1. The summed E-state index contributed by atoms with van der Waals surface area (Å²) in [5.74, 6) is -0.970. The summed E-state index contributed by atoms with van der Waals surface area (Å²) in [5.41, 5.74) is 1.23. The largest absolute Gasteiger partial charge is 0.494 e. The Morgan fingerprint density at radius 3 is 2.43 bits per heavy atom. The smallest absolute Gasteiger partial charge is 0.302 e. The molecule has 158 valence electrons. The van der Waals surface area contributed by atoms with Crippen LogP contribution >= 0.6 is 0 Å². The highest BCUT2D eigenvalue weighted by atomic mass is 16.5. The Bertz CT molecular complexity index is 907. The third-order valence-corrected chi connectivity index (χ3v) is 4.65. The number of benzene rings is 1. The van der Waals surface area contributed by atoms with Gasteiger partial charge in [0.15, 0.2) is 0 Å². The number of ether oxygens (including phenoxy) is 2. The molecule has 0 spiro atoms. The van der Waals surface area contributed by atoms with Crippen LogP contribution in [0.4, 0.5) is 0 Å². The van der Waals surface area contributed by atoms with E-state index in [0.717, 1.165) is 35.5 Å². The van der Waals surface area contributed by atoms with E-state index in [1.54, 1.807) is 13.0 Å². The number of hydrogen-bond acceptors (Lipinski definition) is 6. The number of esters is 1. The van der Waals surface area contributed by atoms with Crippen molar-refractivity contribution in [2.75, 3.05) is 19.8 Å². The molecule has 1 aliphatic rings. The van der Waals surface area contributed by atoms with Gasteiger partial charge in [0.1, 0.15) is 24.0 Å². The van der Waals surface area contributed by atoms with Crippen LogP contribution in [0.25, 0.3) is 6.08 Å². The van der Waals surface area contributed by atoms with E-state index in [1.807, 2.05) is 30.3 Å². The Balaban J connectivity index is 2.22. The Labute approximate surface area is 176 Å². The minimum Gasteiger partial charge on any atom is -0.494 e. The quantitative estimate of drug-likeness (QED) is 0.268. The molecule has 1 aromatic carbocycles. The van der Waals surface area contributed by atoms with E-state index in [-0.39, 0.29) is 24.3 Å². The molecule has 0 radical (unpaired) electrons. The standard InChI is InChI=1S/C23H26N2O5/c1-4-5-6-12-30-19-9-7-18(8-10-19)14-20-16(2)21(15-24)23(28)25(22(20)27)11-13-29-17(3)26/h7-10,14H,4-6,11-13H2,1-3H3/b20-14+. The zero-order valence-corrected chi connectivity index (χ0v) is 17.6. The van der Waals surface area contributed by atoms with Gasteiger partial charge in [-0.25, -0.2) is 0 Å². The Morgan fingerprint density at radius 1 is 1.13 bits per heavy atom. The zero-order valence-electron chi connectivity index (χ0n) is 17.6. The van der Waals surface area contributed by atoms with Crippen LogP contribution < -0.4 is 4.74 Å². The molecule has 0 bridgehead atoms. The first-order valence-corrected chi connectivity index (χ1v) is 9.94. The van der Waals surface area contributed by atoms with Gasteiger partial charge in [0, 0.05) is 12.5 Å². The summed E-state index contributed by atoms with van der Waals surface area (Å²) in [6, 6.07) is 9.14. The normalized spacial score (nSPS) is 15.4. The first-order chi connectivity index (χ1) is 14.4. The lowest BCUT2D eigenvalue weighted by molar-refractivity contribution is -0.147. The van der Waals surface area contributed by atoms with Crippen molar-refractivity contribution in [3.63, 3.8) is 0 Å². The van der Waals surface area contributed by atoms with Crippen molar-refractivity contribution in [3.05, 3.63) is 46.5 Å². The molecule has 0 aromatic heterocycles. The minimum absolute atomic E-state index is 0.0976. The van der Waals surface area contributed by atoms with Crippen LogP contribution in [0.1, 0.15) is 45.6 Å². The molecular formula is C23H26N2O5. The highest BCUT2D eigenvalue weighted by molar-refractivity contribution is 6.19. The van der Waals surface area contributed by atoms with E-state index in [9.17, 15) is 19.6 Å². The lowest BCUT2D eigenvalue weighted by Gasteiger charge is -2.27. The van der Waals surface area contributed by atoms with Crippen LogP contribution in [0.15, 0.2) is 41.0 Å². The van der Waals surface area contributed by atoms with Gasteiger partial charge in [-0.1, -0.05) is 31.9 Å². The molecule has 0 saturated heterocycles. The Morgan fingerprint density at radius 2 is 1.83 bits per heavy atom. The molecule has 7 nitrogen and oxygen atoms in total. The summed E-state index contributed by atoms with van der Waals surface area (Å²) < 4.78 is 10.5. The van der Waals surface area contributed by atoms with Crippen molar-refractivity contribution in [2.45, 2.75) is 40.0 Å². The van der Waals surface area contributed by atoms with E-state index in [4.69, 9.17) is 9.47 Å². The van der Waals surface area contributed by atoms with Gasteiger partial charge in [-0.2, -0.15) is 5.26 Å². The summed E-state index contributed by atoms with van der Waals surface area (Å²) in [5, 5.41) is 9.39. The van der Waals surface area contributed by atoms with Gasteiger partial charge in [-0.05, 0) is 42.7 Å². The fourth-order valence-corrected chi connectivity index (χ4v) is 2.98. The summed E-state index contributed by atoms with van der Waals surface area (Å²) in [7, 11) is 0. The van der Waals surface area contributed by atoms with Crippen molar-refractivity contribution in [2.24, 2.45) is 0 Å². The number of unbranched alkanes of at least 4 members (excludes halogenated alkanes) is 2. The molecule has 0 aliphatic carbocycles. The number of hydrogen-bond donors (Lipinski definition) is 0. The number of carbonyl (C=O) groups excluding carboxylic acids is 3. The highest BCUT2D eigenvalue weighted by Crippen LogP contribution is 2.27. The second-order valence-electron chi connectivity index (χ2n) is 6.90. The first kappa shape index (κ1) is 22.9. The molecule has 0 atom stereocenters. The van der Waals surface area contributed by atoms with Gasteiger partial charge in [0.2, 0.25) is 0 Å². The number of nitrogens with zero attached hydrogens (tertiary/aromatic N) is 2. The van der Waals surface area contributed by atoms with E-state index in [0.29, 0.717) is 12.2 Å². The summed E-state index contributed by atoms with van der Waals surface area (Å²) >= 11 is 0. The van der Waals surface area contributed by atoms with Crippen LogP contribution in [0, 0.1) is 11.3 Å². The molecule has 2 amide bonds. The molecule has 0 N–H and O–H groups in total. The fraction of sp³-hybridized carbons (Fsp3) is 0.391. The van der Waals surface area contributed by atoms with E-state index >= 15 is 0 Å². The van der Waals surface area contributed by atoms with Crippen LogP contribution in [0.5, 0.6) is 5.75 Å². The third kappa shape index (κ3) is 5.80.